The molecule has 0 N–H and O–H groups in total. The fraction of sp³-hybridized carbons (Fsp3) is 0.724. The summed E-state index contributed by atoms with van der Waals surface area (Å²) >= 11 is 0. The van der Waals surface area contributed by atoms with Gasteiger partial charge in [0.1, 0.15) is 24.7 Å². The Labute approximate surface area is 403 Å². The van der Waals surface area contributed by atoms with Gasteiger partial charge in [-0.15, -0.1) is 0 Å². The molecule has 2 aromatic rings. The average Bonchev–Trinajstić information content (AvgIpc) is 3.33. The number of ether oxygens (including phenoxy) is 6. The van der Waals surface area contributed by atoms with Crippen LogP contribution in [0.15, 0.2) is 61.7 Å². The van der Waals surface area contributed by atoms with Crippen molar-refractivity contribution in [2.45, 2.75) is 232 Å². The largest absolute Gasteiger partial charge is 0.490 e. The fourth-order valence-electron chi connectivity index (χ4n) is 8.35. The molecule has 0 radical (unpaired) electrons. The minimum absolute atomic E-state index is 0.164. The van der Waals surface area contributed by atoms with Crippen molar-refractivity contribution in [3.63, 3.8) is 0 Å². The Hall–Kier alpha value is -3.36. The summed E-state index contributed by atoms with van der Waals surface area (Å²) in [5.74, 6) is 0.325. The van der Waals surface area contributed by atoms with Crippen LogP contribution in [0.2, 0.25) is 0 Å². The van der Waals surface area contributed by atoms with Crippen molar-refractivity contribution in [2.75, 3.05) is 39.6 Å². The predicted molar refractivity (Wildman–Crippen MR) is 276 cm³/mol. The summed E-state index contributed by atoms with van der Waals surface area (Å²) in [4.78, 5) is 24.2. The molecule has 0 aromatic heterocycles. The molecule has 0 aliphatic rings. The van der Waals surface area contributed by atoms with Crippen molar-refractivity contribution >= 4 is 22.7 Å². The quantitative estimate of drug-likeness (QED) is 0.0368. The van der Waals surface area contributed by atoms with Crippen LogP contribution in [0, 0.1) is 0 Å². The maximum atomic E-state index is 12.1. The van der Waals surface area contributed by atoms with Crippen LogP contribution in [0.1, 0.15) is 219 Å². The number of unbranched alkanes of at least 4 members (excludes halogenated alkanes) is 30. The Morgan fingerprint density at radius 2 is 0.682 bits per heavy atom. The summed E-state index contributed by atoms with van der Waals surface area (Å²) in [7, 11) is 0. The molecular formula is C58H96O8. The summed E-state index contributed by atoms with van der Waals surface area (Å²) in [5, 5.41) is 1.94. The van der Waals surface area contributed by atoms with Gasteiger partial charge in [0.05, 0.1) is 13.2 Å². The van der Waals surface area contributed by atoms with Crippen molar-refractivity contribution < 1.29 is 38.0 Å². The highest BCUT2D eigenvalue weighted by molar-refractivity contribution is 5.85. The van der Waals surface area contributed by atoms with Crippen LogP contribution in [0.3, 0.4) is 0 Å². The lowest BCUT2D eigenvalue weighted by Gasteiger charge is -2.19. The van der Waals surface area contributed by atoms with Gasteiger partial charge in [0, 0.05) is 25.4 Å². The minimum atomic E-state index is -0.552. The molecule has 0 bridgehead atoms. The zero-order valence-corrected chi connectivity index (χ0v) is 42.3. The van der Waals surface area contributed by atoms with E-state index in [0.717, 1.165) is 36.5 Å². The van der Waals surface area contributed by atoms with E-state index >= 15 is 0 Å². The molecule has 2 unspecified atom stereocenters. The van der Waals surface area contributed by atoms with Gasteiger partial charge in [-0.3, -0.25) is 0 Å². The van der Waals surface area contributed by atoms with Gasteiger partial charge in [0.2, 0.25) is 0 Å². The number of benzene rings is 2. The molecule has 0 fully saturated rings. The van der Waals surface area contributed by atoms with Crippen molar-refractivity contribution in [1.29, 1.82) is 0 Å². The Morgan fingerprint density at radius 3 is 0.955 bits per heavy atom. The third-order valence-electron chi connectivity index (χ3n) is 12.4. The topological polar surface area (TPSA) is 89.5 Å². The Kier molecular flexibility index (Phi) is 38.2. The Bertz CT molecular complexity index is 1370. The highest BCUT2D eigenvalue weighted by atomic mass is 16.6. The average molecular weight is 921 g/mol. The standard InChI is InChI=1S/C58H96O8/c1-5-9-11-13-15-17-19-21-23-25-27-29-31-33-35-37-43-61-47-55(65-57(59)7-3)49-63-53-41-39-52-46-54(42-40-51(52)45-53)64-50-56(66-58(60)8-4)48-62-44-38-36-34-32-30-28-26-24-22-20-18-16-14-12-10-6-2/h7-8,39-42,45-46,55-56H,3-6,9-38,43-44,47-50H2,1-2H3. The van der Waals surface area contributed by atoms with E-state index < -0.39 is 24.1 Å². The Balaban J connectivity index is 1.62. The molecular weight excluding hydrogens is 825 g/mol. The molecule has 0 spiro atoms. The lowest BCUT2D eigenvalue weighted by molar-refractivity contribution is -0.148. The Morgan fingerprint density at radius 1 is 0.409 bits per heavy atom. The number of esters is 2. The number of fused-ring (bicyclic) bond motifs is 1. The van der Waals surface area contributed by atoms with Gasteiger partial charge in [-0.05, 0) is 47.9 Å². The van der Waals surface area contributed by atoms with E-state index in [1.807, 2.05) is 36.4 Å². The first kappa shape index (κ1) is 58.8. The molecule has 0 saturated carbocycles. The van der Waals surface area contributed by atoms with Crippen LogP contribution >= 0.6 is 0 Å². The van der Waals surface area contributed by atoms with E-state index in [1.165, 1.54) is 192 Å². The molecule has 2 aromatic carbocycles. The molecule has 0 aliphatic carbocycles. The highest BCUT2D eigenvalue weighted by Crippen LogP contribution is 2.26. The molecule has 0 aliphatic heterocycles. The molecule has 2 rings (SSSR count). The first-order chi connectivity index (χ1) is 32.5. The molecule has 66 heavy (non-hydrogen) atoms. The van der Waals surface area contributed by atoms with Crippen LogP contribution in [0.4, 0.5) is 0 Å². The monoisotopic (exact) mass is 921 g/mol. The first-order valence-electron chi connectivity index (χ1n) is 27.1. The number of carbonyl (C=O) groups excluding carboxylic acids is 2. The van der Waals surface area contributed by atoms with Crippen molar-refractivity contribution in [3.05, 3.63) is 61.7 Å². The number of rotatable bonds is 48. The third-order valence-corrected chi connectivity index (χ3v) is 12.4. The molecule has 2 atom stereocenters. The van der Waals surface area contributed by atoms with E-state index in [2.05, 4.69) is 27.0 Å². The first-order valence-corrected chi connectivity index (χ1v) is 27.1. The van der Waals surface area contributed by atoms with Crippen molar-refractivity contribution in [2.24, 2.45) is 0 Å². The summed E-state index contributed by atoms with van der Waals surface area (Å²) in [6.45, 7) is 13.8. The smallest absolute Gasteiger partial charge is 0.330 e. The molecule has 0 heterocycles. The van der Waals surface area contributed by atoms with Crippen LogP contribution in [-0.2, 0) is 28.5 Å². The second-order valence-corrected chi connectivity index (χ2v) is 18.6. The molecule has 8 heteroatoms. The summed E-state index contributed by atoms with van der Waals surface area (Å²) in [5.41, 5.74) is 0. The highest BCUT2D eigenvalue weighted by Gasteiger charge is 2.17. The van der Waals surface area contributed by atoms with Crippen LogP contribution in [-0.4, -0.2) is 63.8 Å². The minimum Gasteiger partial charge on any atom is -0.490 e. The lowest BCUT2D eigenvalue weighted by Crippen LogP contribution is -2.29. The molecule has 0 saturated heterocycles. The van der Waals surface area contributed by atoms with Gasteiger partial charge < -0.3 is 28.4 Å². The zero-order valence-electron chi connectivity index (χ0n) is 42.3. The van der Waals surface area contributed by atoms with Crippen molar-refractivity contribution in [1.82, 2.24) is 0 Å². The van der Waals surface area contributed by atoms with E-state index in [0.29, 0.717) is 24.7 Å². The van der Waals surface area contributed by atoms with E-state index in [-0.39, 0.29) is 26.4 Å². The molecule has 8 nitrogen and oxygen atoms in total. The van der Waals surface area contributed by atoms with Crippen LogP contribution in [0.5, 0.6) is 11.5 Å². The lowest BCUT2D eigenvalue weighted by atomic mass is 10.0. The second-order valence-electron chi connectivity index (χ2n) is 18.6. The maximum Gasteiger partial charge on any atom is 0.330 e. The second kappa shape index (κ2) is 43.0. The molecule has 0 amide bonds. The van der Waals surface area contributed by atoms with Gasteiger partial charge >= 0.3 is 11.9 Å². The summed E-state index contributed by atoms with van der Waals surface area (Å²) < 4.78 is 35.1. The van der Waals surface area contributed by atoms with Gasteiger partial charge in [0.15, 0.2) is 12.2 Å². The SMILES string of the molecule is C=CC(=O)OC(COCCCCCCCCCCCCCCCCCC)COc1ccc2cc(OCC(COCCCCCCCCCCCCCCCCCC)OC(=O)C=C)ccc2c1. The third kappa shape index (κ3) is 33.2. The fourth-order valence-corrected chi connectivity index (χ4v) is 8.35. The van der Waals surface area contributed by atoms with Crippen LogP contribution < -0.4 is 9.47 Å². The van der Waals surface area contributed by atoms with Crippen LogP contribution in [0.25, 0.3) is 10.8 Å². The maximum absolute atomic E-state index is 12.1. The van der Waals surface area contributed by atoms with E-state index in [1.54, 1.807) is 0 Å². The number of carbonyl (C=O) groups is 2. The van der Waals surface area contributed by atoms with E-state index in [4.69, 9.17) is 28.4 Å². The molecule has 376 valence electrons. The zero-order chi connectivity index (χ0) is 47.4. The predicted octanol–water partition coefficient (Wildman–Crippen LogP) is 16.3. The van der Waals surface area contributed by atoms with Crippen molar-refractivity contribution in [3.8, 4) is 11.5 Å². The normalized spacial score (nSPS) is 12.2. The number of hydrogen-bond acceptors (Lipinski definition) is 8. The van der Waals surface area contributed by atoms with E-state index in [9.17, 15) is 9.59 Å². The number of hydrogen-bond donors (Lipinski definition) is 0. The van der Waals surface area contributed by atoms with Gasteiger partial charge in [0.25, 0.3) is 0 Å². The van der Waals surface area contributed by atoms with Gasteiger partial charge in [-0.2, -0.15) is 0 Å². The van der Waals surface area contributed by atoms with Gasteiger partial charge in [-0.1, -0.05) is 232 Å². The summed E-state index contributed by atoms with van der Waals surface area (Å²) in [6, 6.07) is 11.6. The summed E-state index contributed by atoms with van der Waals surface area (Å²) in [6.07, 6.45) is 43.8. The van der Waals surface area contributed by atoms with Gasteiger partial charge in [-0.25, -0.2) is 9.59 Å².